The molecule has 22 heteroatoms. The second-order valence-corrected chi connectivity index (χ2v) is 13.9. The average molecular weight is 852 g/mol. The van der Waals surface area contributed by atoms with E-state index in [0.29, 0.717) is 5.56 Å². The zero-order valence-corrected chi connectivity index (χ0v) is 33.1. The molecule has 0 aliphatic heterocycles. The lowest BCUT2D eigenvalue weighted by Gasteiger charge is -2.26. The third kappa shape index (κ3) is 17.3. The van der Waals surface area contributed by atoms with E-state index in [4.69, 9.17) is 28.7 Å². The molecule has 0 bridgehead atoms. The molecular formula is C38H56F3N11O8. The van der Waals surface area contributed by atoms with Crippen LogP contribution in [0.3, 0.4) is 0 Å². The third-order valence-corrected chi connectivity index (χ3v) is 9.03. The number of benzene rings is 2. The van der Waals surface area contributed by atoms with Crippen molar-refractivity contribution < 1.29 is 51.8 Å². The van der Waals surface area contributed by atoms with E-state index < -0.39 is 102 Å². The normalized spacial score (nSPS) is 14.8. The number of primary amides is 1. The summed E-state index contributed by atoms with van der Waals surface area (Å²) in [5, 5.41) is 25.1. The van der Waals surface area contributed by atoms with Crippen molar-refractivity contribution in [3.63, 3.8) is 0 Å². The molecule has 0 saturated carbocycles. The molecule has 0 aliphatic rings. The largest absolute Gasteiger partial charge is 0.416 e. The van der Waals surface area contributed by atoms with Crippen LogP contribution in [0.25, 0.3) is 0 Å². The van der Waals surface area contributed by atoms with Crippen LogP contribution in [-0.2, 0) is 52.6 Å². The number of hydrogen-bond donors (Lipinski definition) is 12. The van der Waals surface area contributed by atoms with E-state index in [1.165, 1.54) is 6.92 Å². The van der Waals surface area contributed by atoms with Gasteiger partial charge in [-0.2, -0.15) is 13.2 Å². The Labute approximate surface area is 344 Å². The molecule has 17 N–H and O–H groups in total. The fourth-order valence-electron chi connectivity index (χ4n) is 5.70. The summed E-state index contributed by atoms with van der Waals surface area (Å²) in [4.78, 5) is 91.4. The highest BCUT2D eigenvalue weighted by Crippen LogP contribution is 2.29. The zero-order chi connectivity index (χ0) is 45.0. The number of alkyl halides is 3. The van der Waals surface area contributed by atoms with Crippen molar-refractivity contribution in [2.24, 2.45) is 28.7 Å². The number of carbonyl (C=O) groups is 7. The van der Waals surface area contributed by atoms with Crippen LogP contribution < -0.4 is 60.6 Å². The number of hydrogen-bond acceptors (Lipinski definition) is 12. The predicted molar refractivity (Wildman–Crippen MR) is 212 cm³/mol. The van der Waals surface area contributed by atoms with E-state index in [9.17, 15) is 51.8 Å². The Hall–Kier alpha value is -5.68. The molecule has 0 unspecified atom stereocenters. The summed E-state index contributed by atoms with van der Waals surface area (Å²) < 4.78 is 39.3. The summed E-state index contributed by atoms with van der Waals surface area (Å²) in [6, 6.07) is 4.56. The molecule has 19 nitrogen and oxygen atoms in total. The lowest BCUT2D eigenvalue weighted by atomic mass is 10.0. The minimum atomic E-state index is -4.61. The van der Waals surface area contributed by atoms with Crippen molar-refractivity contribution in [2.75, 3.05) is 26.2 Å². The molecule has 0 fully saturated rings. The van der Waals surface area contributed by atoms with E-state index >= 15 is 0 Å². The summed E-state index contributed by atoms with van der Waals surface area (Å²) >= 11 is 0. The number of halogens is 3. The van der Waals surface area contributed by atoms with Gasteiger partial charge in [-0.25, -0.2) is 0 Å². The summed E-state index contributed by atoms with van der Waals surface area (Å²) in [7, 11) is 0. The standard InChI is InChI=1S/C38H56F3N11O8/c1-21(53)31(52-36(59)27(13-17-44)49-33(56)25(45)11-15-42)37(60)47-18-14-28(48-30(54)20-23-7-9-24(10-8-23)38(39,40)41)35(58)50-26(12-16-43)34(57)51-29(32(46)55)19-22-5-3-2-4-6-22/h2-10,21,25-29,31,53H,11-20,42-45H2,1H3,(H2,46,55)(H,47,60)(H,48,54)(H,49,56)(H,50,58)(H,51,57)(H,52,59)/t21-,25+,26+,27+,28+,29-,31+/m1/s1. The van der Waals surface area contributed by atoms with Crippen molar-refractivity contribution in [1.82, 2.24) is 31.9 Å². The minimum absolute atomic E-state index is 0.0344. The van der Waals surface area contributed by atoms with E-state index in [-0.39, 0.29) is 63.8 Å². The van der Waals surface area contributed by atoms with Crippen LogP contribution in [0.1, 0.15) is 49.3 Å². The number of rotatable bonds is 25. The van der Waals surface area contributed by atoms with Crippen LogP contribution in [0.5, 0.6) is 0 Å². The Kier molecular flexibility index (Phi) is 21.1. The molecule has 2 aromatic rings. The zero-order valence-electron chi connectivity index (χ0n) is 33.1. The first-order valence-electron chi connectivity index (χ1n) is 19.1. The van der Waals surface area contributed by atoms with Gasteiger partial charge in [0.15, 0.2) is 0 Å². The number of nitrogens with one attached hydrogen (secondary N) is 6. The SMILES string of the molecule is C[C@@H](O)[C@H](NC(=O)[C@H](CCN)NC(=O)[C@@H](N)CCN)C(=O)NCC[C@H](NC(=O)Cc1ccc(C(F)(F)F)cc1)C(=O)N[C@@H](CCN)C(=O)N[C@H](Cc1ccccc1)C(N)=O. The van der Waals surface area contributed by atoms with Gasteiger partial charge >= 0.3 is 6.18 Å². The maximum Gasteiger partial charge on any atom is 0.416 e. The Bertz CT molecular complexity index is 1740. The van der Waals surface area contributed by atoms with Gasteiger partial charge in [-0.15, -0.1) is 0 Å². The van der Waals surface area contributed by atoms with Gasteiger partial charge in [-0.1, -0.05) is 42.5 Å². The smallest absolute Gasteiger partial charge is 0.391 e. The van der Waals surface area contributed by atoms with Gasteiger partial charge in [0.05, 0.1) is 24.1 Å². The fraction of sp³-hybridized carbons (Fsp3) is 0.500. The molecule has 2 aromatic carbocycles. The summed E-state index contributed by atoms with van der Waals surface area (Å²) in [6.07, 6.45) is -6.93. The number of amides is 7. The molecule has 0 aliphatic carbocycles. The molecule has 0 saturated heterocycles. The lowest BCUT2D eigenvalue weighted by molar-refractivity contribution is -0.137. The van der Waals surface area contributed by atoms with Crippen molar-refractivity contribution in [3.05, 3.63) is 71.3 Å². The summed E-state index contributed by atoms with van der Waals surface area (Å²) in [6.45, 7) is 0.788. The van der Waals surface area contributed by atoms with Gasteiger partial charge in [0.1, 0.15) is 30.2 Å². The monoisotopic (exact) mass is 851 g/mol. The predicted octanol–water partition coefficient (Wildman–Crippen LogP) is -3.34. The van der Waals surface area contributed by atoms with Gasteiger partial charge in [0.2, 0.25) is 41.4 Å². The second-order valence-electron chi connectivity index (χ2n) is 13.9. The molecule has 2 rings (SSSR count). The molecule has 7 atom stereocenters. The second kappa shape index (κ2) is 25.1. The maximum absolute atomic E-state index is 13.7. The Morgan fingerprint density at radius 1 is 0.633 bits per heavy atom. The Balaban J connectivity index is 2.26. The number of carbonyl (C=O) groups excluding carboxylic acids is 7. The van der Waals surface area contributed by atoms with Crippen LogP contribution in [0.15, 0.2) is 54.6 Å². The first-order chi connectivity index (χ1) is 28.3. The quantitative estimate of drug-likeness (QED) is 0.0467. The van der Waals surface area contributed by atoms with Crippen LogP contribution in [-0.4, -0.2) is 115 Å². The number of nitrogens with two attached hydrogens (primary N) is 5. The molecule has 60 heavy (non-hydrogen) atoms. The molecule has 0 spiro atoms. The summed E-state index contributed by atoms with van der Waals surface area (Å²) in [5.74, 6) is -5.92. The molecule has 7 amide bonds. The van der Waals surface area contributed by atoms with Crippen molar-refractivity contribution in [1.29, 1.82) is 0 Å². The average Bonchev–Trinajstić information content (AvgIpc) is 3.18. The van der Waals surface area contributed by atoms with Gasteiger partial charge in [0, 0.05) is 13.0 Å². The highest BCUT2D eigenvalue weighted by Gasteiger charge is 2.33. The Morgan fingerprint density at radius 2 is 1.13 bits per heavy atom. The van der Waals surface area contributed by atoms with Crippen LogP contribution >= 0.6 is 0 Å². The summed E-state index contributed by atoms with van der Waals surface area (Å²) in [5.41, 5.74) is 28.0. The molecular weight excluding hydrogens is 795 g/mol. The number of aliphatic hydroxyl groups is 1. The fourth-order valence-corrected chi connectivity index (χ4v) is 5.70. The molecule has 332 valence electrons. The highest BCUT2D eigenvalue weighted by molar-refractivity contribution is 5.95. The molecule has 0 radical (unpaired) electrons. The first-order valence-corrected chi connectivity index (χ1v) is 19.1. The minimum Gasteiger partial charge on any atom is -0.391 e. The van der Waals surface area contributed by atoms with Crippen LogP contribution in [0, 0.1) is 0 Å². The molecule has 0 aromatic heterocycles. The topological polar surface area (TPSA) is 342 Å². The van der Waals surface area contributed by atoms with E-state index in [2.05, 4.69) is 31.9 Å². The Morgan fingerprint density at radius 3 is 1.63 bits per heavy atom. The maximum atomic E-state index is 13.7. The van der Waals surface area contributed by atoms with Gasteiger partial charge < -0.3 is 65.7 Å². The van der Waals surface area contributed by atoms with Crippen molar-refractivity contribution >= 4 is 41.4 Å². The van der Waals surface area contributed by atoms with Crippen molar-refractivity contribution in [3.8, 4) is 0 Å². The van der Waals surface area contributed by atoms with E-state index in [0.717, 1.165) is 24.3 Å². The van der Waals surface area contributed by atoms with Crippen molar-refractivity contribution in [2.45, 2.75) is 94.0 Å². The first kappa shape index (κ1) is 50.5. The third-order valence-electron chi connectivity index (χ3n) is 9.03. The van der Waals surface area contributed by atoms with Gasteiger partial charge in [-0.05, 0) is 75.5 Å². The van der Waals surface area contributed by atoms with E-state index in [1.807, 2.05) is 0 Å². The van der Waals surface area contributed by atoms with Crippen LogP contribution in [0.4, 0.5) is 13.2 Å². The van der Waals surface area contributed by atoms with Crippen LogP contribution in [0.2, 0.25) is 0 Å². The van der Waals surface area contributed by atoms with Gasteiger partial charge in [0.25, 0.3) is 0 Å². The lowest BCUT2D eigenvalue weighted by Crippen LogP contribution is -2.59. The van der Waals surface area contributed by atoms with Gasteiger partial charge in [-0.3, -0.25) is 33.6 Å². The van der Waals surface area contributed by atoms with E-state index in [1.54, 1.807) is 30.3 Å². The number of aliphatic hydroxyl groups excluding tert-OH is 1. The molecule has 0 heterocycles. The highest BCUT2D eigenvalue weighted by atomic mass is 19.4.